The molecule has 32 heavy (non-hydrogen) atoms. The number of aromatic amines is 1. The summed E-state index contributed by atoms with van der Waals surface area (Å²) in [6.45, 7) is 0. The van der Waals surface area contributed by atoms with Crippen LogP contribution >= 0.6 is 11.8 Å². The van der Waals surface area contributed by atoms with Crippen LogP contribution in [-0.2, 0) is 4.79 Å². The summed E-state index contributed by atoms with van der Waals surface area (Å²) in [6.07, 6.45) is 7.59. The maximum Gasteiger partial charge on any atom is 0.230 e. The Morgan fingerprint density at radius 3 is 2.69 bits per heavy atom. The second kappa shape index (κ2) is 9.16. The fraction of sp³-hybridized carbons (Fsp3) is 0.292. The largest absolute Gasteiger partial charge is 0.360 e. The van der Waals surface area contributed by atoms with Gasteiger partial charge in [-0.15, -0.1) is 10.2 Å². The lowest BCUT2D eigenvalue weighted by Gasteiger charge is -2.22. The molecular weight excluding hydrogens is 425 g/mol. The lowest BCUT2D eigenvalue weighted by Crippen LogP contribution is -2.37. The van der Waals surface area contributed by atoms with E-state index in [-0.39, 0.29) is 23.5 Å². The predicted molar refractivity (Wildman–Crippen MR) is 124 cm³/mol. The van der Waals surface area contributed by atoms with E-state index >= 15 is 0 Å². The summed E-state index contributed by atoms with van der Waals surface area (Å²) in [6, 6.07) is 14.5. The summed E-state index contributed by atoms with van der Waals surface area (Å²) in [5, 5.41) is 13.6. The van der Waals surface area contributed by atoms with Gasteiger partial charge in [-0.3, -0.25) is 9.36 Å². The molecule has 6 nitrogen and oxygen atoms in total. The van der Waals surface area contributed by atoms with Gasteiger partial charge in [0, 0.05) is 34.4 Å². The molecular formula is C24H24FN5OS. The third-order valence-corrected chi connectivity index (χ3v) is 6.78. The van der Waals surface area contributed by atoms with Crippen LogP contribution in [0.5, 0.6) is 0 Å². The van der Waals surface area contributed by atoms with Gasteiger partial charge in [0.2, 0.25) is 5.91 Å². The molecule has 0 unspecified atom stereocenters. The van der Waals surface area contributed by atoms with E-state index in [0.29, 0.717) is 11.0 Å². The molecule has 0 aliphatic heterocycles. The zero-order valence-electron chi connectivity index (χ0n) is 17.6. The fourth-order valence-corrected chi connectivity index (χ4v) is 5.03. The average Bonchev–Trinajstić information content (AvgIpc) is 3.43. The van der Waals surface area contributed by atoms with Crippen molar-refractivity contribution in [1.29, 1.82) is 0 Å². The van der Waals surface area contributed by atoms with Gasteiger partial charge in [-0.1, -0.05) is 49.2 Å². The van der Waals surface area contributed by atoms with Gasteiger partial charge in [0.1, 0.15) is 5.82 Å². The van der Waals surface area contributed by atoms with Crippen molar-refractivity contribution >= 4 is 28.6 Å². The number of aromatic nitrogens is 4. The van der Waals surface area contributed by atoms with Crippen molar-refractivity contribution in [2.24, 2.45) is 0 Å². The molecule has 1 aliphatic carbocycles. The minimum Gasteiger partial charge on any atom is -0.360 e. The van der Waals surface area contributed by atoms with Crippen molar-refractivity contribution in [1.82, 2.24) is 25.1 Å². The SMILES string of the molecule is O=C(CSc1nnc(-c2c[nH]c3ccccc23)n1-c1ccc(F)cc1)NC1CCCCC1. The first-order chi connectivity index (χ1) is 15.7. The Balaban J connectivity index is 1.45. The molecule has 2 N–H and O–H groups in total. The molecule has 1 aliphatic rings. The predicted octanol–water partition coefficient (Wildman–Crippen LogP) is 5.10. The van der Waals surface area contributed by atoms with E-state index in [1.54, 1.807) is 12.1 Å². The summed E-state index contributed by atoms with van der Waals surface area (Å²) < 4.78 is 15.5. The zero-order chi connectivity index (χ0) is 21.9. The molecule has 5 rings (SSSR count). The lowest BCUT2D eigenvalue weighted by atomic mass is 9.95. The number of fused-ring (bicyclic) bond motifs is 1. The van der Waals surface area contributed by atoms with E-state index in [0.717, 1.165) is 35.0 Å². The first-order valence-electron chi connectivity index (χ1n) is 10.9. The van der Waals surface area contributed by atoms with E-state index in [1.165, 1.54) is 43.2 Å². The van der Waals surface area contributed by atoms with Crippen LogP contribution in [0.25, 0.3) is 28.0 Å². The van der Waals surface area contributed by atoms with Gasteiger partial charge in [-0.25, -0.2) is 4.39 Å². The van der Waals surface area contributed by atoms with Crippen LogP contribution in [0.2, 0.25) is 0 Å². The second-order valence-corrected chi connectivity index (χ2v) is 9.00. The van der Waals surface area contributed by atoms with Gasteiger partial charge in [-0.05, 0) is 43.2 Å². The van der Waals surface area contributed by atoms with Gasteiger partial charge >= 0.3 is 0 Å². The highest BCUT2D eigenvalue weighted by Crippen LogP contribution is 2.32. The minimum absolute atomic E-state index is 0.00389. The first kappa shape index (κ1) is 20.8. The normalized spacial score (nSPS) is 14.7. The van der Waals surface area contributed by atoms with Crippen molar-refractivity contribution in [2.75, 3.05) is 5.75 Å². The van der Waals surface area contributed by atoms with Crippen LogP contribution in [-0.4, -0.2) is 37.5 Å². The van der Waals surface area contributed by atoms with Crippen molar-refractivity contribution < 1.29 is 9.18 Å². The van der Waals surface area contributed by atoms with E-state index in [4.69, 9.17) is 0 Å². The maximum atomic E-state index is 13.6. The van der Waals surface area contributed by atoms with Crippen LogP contribution < -0.4 is 5.32 Å². The van der Waals surface area contributed by atoms with E-state index in [1.807, 2.05) is 35.0 Å². The van der Waals surface area contributed by atoms with E-state index < -0.39 is 0 Å². The second-order valence-electron chi connectivity index (χ2n) is 8.06. The highest BCUT2D eigenvalue weighted by Gasteiger charge is 2.21. The Morgan fingerprint density at radius 1 is 1.09 bits per heavy atom. The molecule has 1 fully saturated rings. The molecule has 0 atom stereocenters. The Labute approximate surface area is 189 Å². The lowest BCUT2D eigenvalue weighted by molar-refractivity contribution is -0.119. The number of halogens is 1. The van der Waals surface area contributed by atoms with Crippen molar-refractivity contribution in [3.8, 4) is 17.1 Å². The van der Waals surface area contributed by atoms with Crippen LogP contribution in [0, 0.1) is 5.82 Å². The highest BCUT2D eigenvalue weighted by atomic mass is 32.2. The smallest absolute Gasteiger partial charge is 0.230 e. The molecule has 1 saturated carbocycles. The molecule has 0 radical (unpaired) electrons. The molecule has 0 saturated heterocycles. The number of nitrogens with one attached hydrogen (secondary N) is 2. The summed E-state index contributed by atoms with van der Waals surface area (Å²) in [5.74, 6) is 0.592. The van der Waals surface area contributed by atoms with Crippen LogP contribution in [0.4, 0.5) is 4.39 Å². The number of carbonyl (C=O) groups excluding carboxylic acids is 1. The Kier molecular flexibility index (Phi) is 5.94. The van der Waals surface area contributed by atoms with Crippen molar-refractivity contribution in [2.45, 2.75) is 43.3 Å². The van der Waals surface area contributed by atoms with Gasteiger partial charge in [-0.2, -0.15) is 0 Å². The van der Waals surface area contributed by atoms with E-state index in [9.17, 15) is 9.18 Å². The Hall–Kier alpha value is -3.13. The third-order valence-electron chi connectivity index (χ3n) is 5.85. The number of H-pyrrole nitrogens is 1. The number of nitrogens with zero attached hydrogens (tertiary/aromatic N) is 3. The Morgan fingerprint density at radius 2 is 1.88 bits per heavy atom. The number of amides is 1. The summed E-state index contributed by atoms with van der Waals surface area (Å²) in [5.41, 5.74) is 2.64. The number of benzene rings is 2. The van der Waals surface area contributed by atoms with Crippen molar-refractivity contribution in [3.63, 3.8) is 0 Å². The monoisotopic (exact) mass is 449 g/mol. The average molecular weight is 450 g/mol. The molecule has 0 spiro atoms. The molecule has 2 aromatic heterocycles. The summed E-state index contributed by atoms with van der Waals surface area (Å²) in [4.78, 5) is 15.8. The quantitative estimate of drug-likeness (QED) is 0.402. The minimum atomic E-state index is -0.309. The third kappa shape index (κ3) is 4.27. The Bertz CT molecular complexity index is 1230. The van der Waals surface area contributed by atoms with Gasteiger partial charge in [0.05, 0.1) is 5.75 Å². The molecule has 4 aromatic rings. The molecule has 8 heteroatoms. The standard InChI is InChI=1S/C24H24FN5OS/c25-16-10-12-18(13-11-16)30-23(20-14-26-21-9-5-4-8-19(20)21)28-29-24(30)32-15-22(31)27-17-6-2-1-3-7-17/h4-5,8-14,17,26H,1-3,6-7,15H2,(H,27,31). The molecule has 2 aromatic carbocycles. The highest BCUT2D eigenvalue weighted by molar-refractivity contribution is 7.99. The van der Waals surface area contributed by atoms with Crippen LogP contribution in [0.15, 0.2) is 59.9 Å². The van der Waals surface area contributed by atoms with E-state index in [2.05, 4.69) is 20.5 Å². The molecule has 164 valence electrons. The van der Waals surface area contributed by atoms with Crippen LogP contribution in [0.3, 0.4) is 0 Å². The zero-order valence-corrected chi connectivity index (χ0v) is 18.4. The van der Waals surface area contributed by atoms with Crippen molar-refractivity contribution in [3.05, 3.63) is 60.5 Å². The number of thioether (sulfide) groups is 1. The number of hydrogen-bond acceptors (Lipinski definition) is 4. The van der Waals surface area contributed by atoms with Crippen LogP contribution in [0.1, 0.15) is 32.1 Å². The molecule has 0 bridgehead atoms. The number of para-hydroxylation sites is 1. The summed E-state index contributed by atoms with van der Waals surface area (Å²) in [7, 11) is 0. The van der Waals surface area contributed by atoms with Gasteiger partial charge in [0.25, 0.3) is 0 Å². The topological polar surface area (TPSA) is 75.6 Å². The van der Waals surface area contributed by atoms with Gasteiger partial charge < -0.3 is 10.3 Å². The molecule has 2 heterocycles. The van der Waals surface area contributed by atoms with Gasteiger partial charge in [0.15, 0.2) is 11.0 Å². The fourth-order valence-electron chi connectivity index (χ4n) is 4.26. The maximum absolute atomic E-state index is 13.6. The molecule has 1 amide bonds. The first-order valence-corrected chi connectivity index (χ1v) is 11.9. The number of rotatable bonds is 6. The summed E-state index contributed by atoms with van der Waals surface area (Å²) >= 11 is 1.34. The number of hydrogen-bond donors (Lipinski definition) is 2. The number of carbonyl (C=O) groups is 1.